The van der Waals surface area contributed by atoms with Gasteiger partial charge in [0.15, 0.2) is 11.3 Å². The Labute approximate surface area is 134 Å². The van der Waals surface area contributed by atoms with Crippen molar-refractivity contribution in [2.45, 2.75) is 0 Å². The Morgan fingerprint density at radius 2 is 2.04 bits per heavy atom. The molecule has 118 valence electrons. The van der Waals surface area contributed by atoms with Crippen molar-refractivity contribution in [1.82, 2.24) is 9.97 Å². The third kappa shape index (κ3) is 2.11. The molecule has 24 heavy (non-hydrogen) atoms. The van der Waals surface area contributed by atoms with E-state index in [0.29, 0.717) is 27.8 Å². The number of carbonyl (C=O) groups excluding carboxylic acids is 1. The highest BCUT2D eigenvalue weighted by Gasteiger charge is 2.14. The zero-order chi connectivity index (χ0) is 16.8. The van der Waals surface area contributed by atoms with Crippen LogP contribution in [-0.4, -0.2) is 21.0 Å². The van der Waals surface area contributed by atoms with Gasteiger partial charge in [0.2, 0.25) is 5.91 Å². The van der Waals surface area contributed by atoms with Crippen LogP contribution in [0.2, 0.25) is 0 Å². The van der Waals surface area contributed by atoms with Crippen molar-refractivity contribution in [3.8, 4) is 17.1 Å². The van der Waals surface area contributed by atoms with Gasteiger partial charge in [0.25, 0.3) is 0 Å². The molecule has 4 aromatic rings. The summed E-state index contributed by atoms with van der Waals surface area (Å²) in [6.07, 6.45) is 0. The SMILES string of the molecule is NC(=O)c1ccc2nc(-c3cc4cccc(O)c4oc3=O)[nH]c2c1. The number of hydrogen-bond acceptors (Lipinski definition) is 5. The van der Waals surface area contributed by atoms with Gasteiger partial charge < -0.3 is 20.2 Å². The first-order valence-corrected chi connectivity index (χ1v) is 7.09. The molecule has 0 atom stereocenters. The number of nitrogens with one attached hydrogen (secondary N) is 1. The second-order valence-electron chi connectivity index (χ2n) is 5.32. The van der Waals surface area contributed by atoms with Gasteiger partial charge in [0, 0.05) is 10.9 Å². The minimum atomic E-state index is -0.627. The number of H-pyrrole nitrogens is 1. The molecule has 2 aromatic carbocycles. The van der Waals surface area contributed by atoms with Crippen molar-refractivity contribution in [1.29, 1.82) is 0 Å². The van der Waals surface area contributed by atoms with Gasteiger partial charge in [-0.25, -0.2) is 9.78 Å². The molecule has 4 rings (SSSR count). The van der Waals surface area contributed by atoms with Crippen molar-refractivity contribution in [2.24, 2.45) is 5.73 Å². The van der Waals surface area contributed by atoms with Crippen LogP contribution in [-0.2, 0) is 0 Å². The summed E-state index contributed by atoms with van der Waals surface area (Å²) in [7, 11) is 0. The molecule has 2 aromatic heterocycles. The summed E-state index contributed by atoms with van der Waals surface area (Å²) in [4.78, 5) is 30.8. The van der Waals surface area contributed by atoms with Crippen LogP contribution >= 0.6 is 0 Å². The molecule has 0 unspecified atom stereocenters. The number of aromatic hydroxyl groups is 1. The summed E-state index contributed by atoms with van der Waals surface area (Å²) in [5.74, 6) is -0.341. The fraction of sp³-hybridized carbons (Fsp3) is 0. The van der Waals surface area contributed by atoms with E-state index in [0.717, 1.165) is 0 Å². The lowest BCUT2D eigenvalue weighted by atomic mass is 10.1. The topological polar surface area (TPSA) is 122 Å². The predicted octanol–water partition coefficient (Wildman–Crippen LogP) is 2.14. The Balaban J connectivity index is 1.94. The molecule has 0 bridgehead atoms. The number of fused-ring (bicyclic) bond motifs is 2. The number of nitrogens with zero attached hydrogens (tertiary/aromatic N) is 1. The first-order valence-electron chi connectivity index (χ1n) is 7.09. The van der Waals surface area contributed by atoms with Crippen molar-refractivity contribution in [3.05, 3.63) is 58.4 Å². The van der Waals surface area contributed by atoms with E-state index in [1.807, 2.05) is 0 Å². The average Bonchev–Trinajstić information content (AvgIpc) is 2.98. The normalized spacial score (nSPS) is 11.2. The number of phenols is 1. The lowest BCUT2D eigenvalue weighted by Gasteiger charge is -2.01. The van der Waals surface area contributed by atoms with E-state index in [1.165, 1.54) is 6.07 Å². The van der Waals surface area contributed by atoms with E-state index in [-0.39, 0.29) is 16.9 Å². The molecule has 0 spiro atoms. The molecule has 1 amide bonds. The van der Waals surface area contributed by atoms with Gasteiger partial charge in [-0.15, -0.1) is 0 Å². The fourth-order valence-corrected chi connectivity index (χ4v) is 2.58. The maximum Gasteiger partial charge on any atom is 0.347 e. The van der Waals surface area contributed by atoms with Crippen LogP contribution in [0.1, 0.15) is 10.4 Å². The van der Waals surface area contributed by atoms with Gasteiger partial charge in [-0.3, -0.25) is 4.79 Å². The molecular weight excluding hydrogens is 310 g/mol. The fourth-order valence-electron chi connectivity index (χ4n) is 2.58. The molecule has 0 radical (unpaired) electrons. The number of para-hydroxylation sites is 1. The third-order valence-electron chi connectivity index (χ3n) is 3.76. The number of carbonyl (C=O) groups is 1. The van der Waals surface area contributed by atoms with E-state index in [4.69, 9.17) is 10.2 Å². The van der Waals surface area contributed by atoms with E-state index in [2.05, 4.69) is 9.97 Å². The molecule has 7 heteroatoms. The quantitative estimate of drug-likeness (QED) is 0.488. The van der Waals surface area contributed by atoms with Gasteiger partial charge >= 0.3 is 5.63 Å². The van der Waals surface area contributed by atoms with Gasteiger partial charge in [-0.2, -0.15) is 0 Å². The van der Waals surface area contributed by atoms with E-state index in [9.17, 15) is 14.7 Å². The summed E-state index contributed by atoms with van der Waals surface area (Å²) in [6.45, 7) is 0. The molecule has 0 saturated carbocycles. The molecule has 4 N–H and O–H groups in total. The second kappa shape index (κ2) is 4.95. The number of hydrogen-bond donors (Lipinski definition) is 3. The lowest BCUT2D eigenvalue weighted by molar-refractivity contribution is 0.100. The molecule has 0 saturated heterocycles. The number of benzene rings is 2. The summed E-state index contributed by atoms with van der Waals surface area (Å²) < 4.78 is 5.20. The summed E-state index contributed by atoms with van der Waals surface area (Å²) in [5.41, 5.74) is 6.49. The largest absolute Gasteiger partial charge is 0.504 e. The number of phenolic OH excluding ortho intramolecular Hbond substituents is 1. The van der Waals surface area contributed by atoms with Crippen LogP contribution < -0.4 is 11.4 Å². The van der Waals surface area contributed by atoms with Crippen LogP contribution in [0.4, 0.5) is 0 Å². The van der Waals surface area contributed by atoms with Crippen molar-refractivity contribution in [3.63, 3.8) is 0 Å². The summed E-state index contributed by atoms with van der Waals surface area (Å²) in [6, 6.07) is 11.2. The number of nitrogens with two attached hydrogens (primary N) is 1. The van der Waals surface area contributed by atoms with Crippen molar-refractivity contribution >= 4 is 27.9 Å². The molecule has 2 heterocycles. The number of primary amides is 1. The van der Waals surface area contributed by atoms with E-state index < -0.39 is 11.5 Å². The van der Waals surface area contributed by atoms with Crippen LogP contribution in [0.3, 0.4) is 0 Å². The maximum absolute atomic E-state index is 12.2. The molecule has 0 aliphatic carbocycles. The monoisotopic (exact) mass is 321 g/mol. The number of amides is 1. The zero-order valence-electron chi connectivity index (χ0n) is 12.2. The number of aromatic amines is 1. The highest BCUT2D eigenvalue weighted by Crippen LogP contribution is 2.26. The molecule has 0 aliphatic heterocycles. The van der Waals surface area contributed by atoms with Gasteiger partial charge in [0.05, 0.1) is 11.0 Å². The smallest absolute Gasteiger partial charge is 0.347 e. The van der Waals surface area contributed by atoms with E-state index in [1.54, 1.807) is 36.4 Å². The van der Waals surface area contributed by atoms with Crippen LogP contribution in [0.25, 0.3) is 33.4 Å². The van der Waals surface area contributed by atoms with E-state index >= 15 is 0 Å². The summed E-state index contributed by atoms with van der Waals surface area (Å²) >= 11 is 0. The third-order valence-corrected chi connectivity index (χ3v) is 3.76. The molecule has 0 aliphatic rings. The minimum absolute atomic E-state index is 0.105. The predicted molar refractivity (Wildman–Crippen MR) is 87.8 cm³/mol. The molecule has 7 nitrogen and oxygen atoms in total. The van der Waals surface area contributed by atoms with Crippen LogP contribution in [0.5, 0.6) is 5.75 Å². The Morgan fingerprint density at radius 3 is 2.83 bits per heavy atom. The Morgan fingerprint density at radius 1 is 1.21 bits per heavy atom. The van der Waals surface area contributed by atoms with Crippen LogP contribution in [0, 0.1) is 0 Å². The number of imidazole rings is 1. The highest BCUT2D eigenvalue weighted by molar-refractivity contribution is 5.96. The standard InChI is InChI=1S/C17H11N3O4/c18-15(22)9-4-5-11-12(7-9)20-16(19-11)10-6-8-2-1-3-13(21)14(8)24-17(10)23/h1-7,21H,(H2,18,22)(H,19,20). The maximum atomic E-state index is 12.2. The second-order valence-corrected chi connectivity index (χ2v) is 5.32. The van der Waals surface area contributed by atoms with Gasteiger partial charge in [-0.1, -0.05) is 12.1 Å². The Kier molecular flexibility index (Phi) is 2.89. The number of rotatable bonds is 2. The number of aromatic nitrogens is 2. The Bertz CT molecular complexity index is 1170. The van der Waals surface area contributed by atoms with Gasteiger partial charge in [-0.05, 0) is 30.3 Å². The average molecular weight is 321 g/mol. The molecule has 0 fully saturated rings. The first kappa shape index (κ1) is 14.0. The van der Waals surface area contributed by atoms with Crippen molar-refractivity contribution in [2.75, 3.05) is 0 Å². The zero-order valence-corrected chi connectivity index (χ0v) is 12.2. The minimum Gasteiger partial charge on any atom is -0.504 e. The van der Waals surface area contributed by atoms with Gasteiger partial charge in [0.1, 0.15) is 11.4 Å². The highest BCUT2D eigenvalue weighted by atomic mass is 16.4. The Hall–Kier alpha value is -3.61. The summed E-state index contributed by atoms with van der Waals surface area (Å²) in [5, 5.41) is 10.3. The first-order chi connectivity index (χ1) is 11.5. The molecular formula is C17H11N3O4. The lowest BCUT2D eigenvalue weighted by Crippen LogP contribution is -2.10. The van der Waals surface area contributed by atoms with Crippen LogP contribution in [0.15, 0.2) is 51.7 Å². The van der Waals surface area contributed by atoms with Crippen molar-refractivity contribution < 1.29 is 14.3 Å².